The molecule has 0 aliphatic rings. The highest BCUT2D eigenvalue weighted by Crippen LogP contribution is 2.19. The van der Waals surface area contributed by atoms with Crippen molar-refractivity contribution in [1.29, 1.82) is 0 Å². The van der Waals surface area contributed by atoms with Crippen LogP contribution < -0.4 is 0 Å². The second kappa shape index (κ2) is 6.21. The van der Waals surface area contributed by atoms with Gasteiger partial charge in [-0.15, -0.1) is 0 Å². The summed E-state index contributed by atoms with van der Waals surface area (Å²) in [5.74, 6) is -3.14. The Hall–Kier alpha value is -1.96. The molecule has 0 atom stereocenters. The van der Waals surface area contributed by atoms with Crippen molar-refractivity contribution in [2.45, 2.75) is 6.42 Å². The molecule has 2 N–H and O–H groups in total. The Bertz CT molecular complexity index is 666. The molecule has 0 fully saturated rings. The predicted molar refractivity (Wildman–Crippen MR) is 82.3 cm³/mol. The van der Waals surface area contributed by atoms with E-state index >= 15 is 0 Å². The van der Waals surface area contributed by atoms with Crippen LogP contribution in [0.3, 0.4) is 0 Å². The summed E-state index contributed by atoms with van der Waals surface area (Å²) < 4.78 is 13.9. The molecule has 2 aromatic rings. The normalized spacial score (nSPS) is 10.4. The molecule has 0 spiro atoms. The third-order valence-electron chi connectivity index (χ3n) is 2.93. The van der Waals surface area contributed by atoms with E-state index in [4.69, 9.17) is 10.2 Å². The van der Waals surface area contributed by atoms with Gasteiger partial charge in [-0.05, 0) is 64.4 Å². The molecule has 2 rings (SSSR count). The van der Waals surface area contributed by atoms with Crippen molar-refractivity contribution < 1.29 is 24.2 Å². The first-order chi connectivity index (χ1) is 9.88. The Balaban J connectivity index is 2.34. The number of aromatic carboxylic acids is 2. The van der Waals surface area contributed by atoms with Crippen LogP contribution in [0.4, 0.5) is 4.39 Å². The summed E-state index contributed by atoms with van der Waals surface area (Å²) in [5, 5.41) is 18.0. The van der Waals surface area contributed by atoms with Gasteiger partial charge in [-0.1, -0.05) is 12.1 Å². The van der Waals surface area contributed by atoms with E-state index in [1.807, 2.05) is 22.6 Å². The van der Waals surface area contributed by atoms with Crippen molar-refractivity contribution in [3.63, 3.8) is 0 Å². The maximum atomic E-state index is 13.3. The number of halogens is 2. The Morgan fingerprint density at radius 1 is 0.952 bits per heavy atom. The van der Waals surface area contributed by atoms with Crippen LogP contribution in [0.2, 0.25) is 0 Å². The van der Waals surface area contributed by atoms with Crippen molar-refractivity contribution >= 4 is 34.5 Å². The lowest BCUT2D eigenvalue weighted by Gasteiger charge is -2.06. The first kappa shape index (κ1) is 15.4. The highest BCUT2D eigenvalue weighted by atomic mass is 127. The van der Waals surface area contributed by atoms with E-state index in [2.05, 4.69) is 0 Å². The molecule has 0 unspecified atom stereocenters. The molecule has 0 aliphatic carbocycles. The van der Waals surface area contributed by atoms with Crippen molar-refractivity contribution in [3.05, 3.63) is 68.0 Å². The first-order valence-corrected chi connectivity index (χ1v) is 7.00. The van der Waals surface area contributed by atoms with Crippen LogP contribution in [-0.4, -0.2) is 22.2 Å². The largest absolute Gasteiger partial charge is 0.478 e. The lowest BCUT2D eigenvalue weighted by molar-refractivity contribution is 0.0682. The van der Waals surface area contributed by atoms with Crippen molar-refractivity contribution in [2.75, 3.05) is 0 Å². The second-order valence-electron chi connectivity index (χ2n) is 4.42. The van der Waals surface area contributed by atoms with Gasteiger partial charge in [0.2, 0.25) is 0 Å². The lowest BCUT2D eigenvalue weighted by Crippen LogP contribution is -2.03. The number of benzene rings is 2. The second-order valence-corrected chi connectivity index (χ2v) is 5.58. The number of hydrogen-bond donors (Lipinski definition) is 2. The number of carboxylic acids is 2. The topological polar surface area (TPSA) is 74.6 Å². The molecule has 0 amide bonds. The van der Waals surface area contributed by atoms with Gasteiger partial charge in [-0.2, -0.15) is 0 Å². The summed E-state index contributed by atoms with van der Waals surface area (Å²) in [4.78, 5) is 22.0. The molecule has 0 saturated heterocycles. The maximum Gasteiger partial charge on any atom is 0.338 e. The third-order valence-corrected chi connectivity index (χ3v) is 3.87. The summed E-state index contributed by atoms with van der Waals surface area (Å²) in [6.07, 6.45) is 0.331. The molecule has 21 heavy (non-hydrogen) atoms. The summed E-state index contributed by atoms with van der Waals surface area (Å²) in [7, 11) is 0. The van der Waals surface area contributed by atoms with Crippen molar-refractivity contribution in [1.82, 2.24) is 0 Å². The molecule has 4 nitrogen and oxygen atoms in total. The average Bonchev–Trinajstić information content (AvgIpc) is 2.42. The molecule has 2 aromatic carbocycles. The van der Waals surface area contributed by atoms with Crippen LogP contribution in [-0.2, 0) is 6.42 Å². The Labute approximate surface area is 133 Å². The van der Waals surface area contributed by atoms with Crippen LogP contribution in [0.1, 0.15) is 31.8 Å². The van der Waals surface area contributed by atoms with Crippen LogP contribution in [0.5, 0.6) is 0 Å². The van der Waals surface area contributed by atoms with Gasteiger partial charge in [0.15, 0.2) is 0 Å². The zero-order valence-corrected chi connectivity index (χ0v) is 12.8. The quantitative estimate of drug-likeness (QED) is 0.772. The Morgan fingerprint density at radius 3 is 2.05 bits per heavy atom. The molecule has 0 heterocycles. The lowest BCUT2D eigenvalue weighted by atomic mass is 10.0. The summed E-state index contributed by atoms with van der Waals surface area (Å²) in [6.45, 7) is 0. The molecular weight excluding hydrogens is 390 g/mol. The molecule has 0 saturated carbocycles. The number of carbonyl (C=O) groups is 2. The fourth-order valence-electron chi connectivity index (χ4n) is 1.93. The van der Waals surface area contributed by atoms with Gasteiger partial charge < -0.3 is 10.2 Å². The van der Waals surface area contributed by atoms with E-state index < -0.39 is 23.3 Å². The fourth-order valence-corrected chi connectivity index (χ4v) is 2.49. The average molecular weight is 400 g/mol. The molecule has 6 heteroatoms. The highest BCUT2D eigenvalue weighted by Gasteiger charge is 2.12. The fraction of sp³-hybridized carbons (Fsp3) is 0.0667. The SMILES string of the molecule is O=C(O)c1cc(Cc2ccc(I)c(C(=O)O)c2)ccc1F. The van der Waals surface area contributed by atoms with Crippen LogP contribution >= 0.6 is 22.6 Å². The van der Waals surface area contributed by atoms with E-state index in [1.165, 1.54) is 18.2 Å². The van der Waals surface area contributed by atoms with E-state index in [1.54, 1.807) is 12.1 Å². The first-order valence-electron chi connectivity index (χ1n) is 5.92. The molecule has 0 aromatic heterocycles. The third kappa shape index (κ3) is 3.57. The van der Waals surface area contributed by atoms with Gasteiger partial charge in [0, 0.05) is 3.57 Å². The minimum absolute atomic E-state index is 0.189. The summed E-state index contributed by atoms with van der Waals surface area (Å²) in [6, 6.07) is 8.83. The van der Waals surface area contributed by atoms with Gasteiger partial charge in [-0.25, -0.2) is 14.0 Å². The number of carboxylic acid groups (broad SMARTS) is 2. The van der Waals surface area contributed by atoms with Gasteiger partial charge in [0.05, 0.1) is 11.1 Å². The van der Waals surface area contributed by atoms with E-state index in [9.17, 15) is 14.0 Å². The van der Waals surface area contributed by atoms with Gasteiger partial charge in [-0.3, -0.25) is 0 Å². The van der Waals surface area contributed by atoms with Gasteiger partial charge in [0.25, 0.3) is 0 Å². The van der Waals surface area contributed by atoms with Crippen molar-refractivity contribution in [3.8, 4) is 0 Å². The Kier molecular flexibility index (Phi) is 4.56. The molecule has 0 aliphatic heterocycles. The zero-order valence-electron chi connectivity index (χ0n) is 10.6. The molecular formula is C15H10FIO4. The predicted octanol–water partition coefficient (Wildman–Crippen LogP) is 3.42. The summed E-state index contributed by atoms with van der Waals surface area (Å²) >= 11 is 1.93. The number of rotatable bonds is 4. The summed E-state index contributed by atoms with van der Waals surface area (Å²) in [5.41, 5.74) is 1.12. The smallest absolute Gasteiger partial charge is 0.338 e. The van der Waals surface area contributed by atoms with E-state index in [0.717, 1.165) is 11.6 Å². The van der Waals surface area contributed by atoms with Crippen LogP contribution in [0.15, 0.2) is 36.4 Å². The van der Waals surface area contributed by atoms with E-state index in [-0.39, 0.29) is 5.56 Å². The highest BCUT2D eigenvalue weighted by molar-refractivity contribution is 14.1. The minimum atomic E-state index is -1.33. The van der Waals surface area contributed by atoms with Crippen LogP contribution in [0.25, 0.3) is 0 Å². The molecule has 0 radical (unpaired) electrons. The van der Waals surface area contributed by atoms with Gasteiger partial charge >= 0.3 is 11.9 Å². The standard InChI is InChI=1S/C15H10FIO4/c16-12-3-1-8(6-10(12)14(18)19)5-9-2-4-13(17)11(7-9)15(20)21/h1-4,6-7H,5H2,(H,18,19)(H,20,21). The van der Waals surface area contributed by atoms with Gasteiger partial charge in [0.1, 0.15) is 5.82 Å². The minimum Gasteiger partial charge on any atom is -0.478 e. The zero-order chi connectivity index (χ0) is 15.6. The Morgan fingerprint density at radius 2 is 1.48 bits per heavy atom. The maximum absolute atomic E-state index is 13.3. The molecule has 108 valence electrons. The van der Waals surface area contributed by atoms with E-state index in [0.29, 0.717) is 15.6 Å². The molecule has 0 bridgehead atoms. The van der Waals surface area contributed by atoms with Crippen LogP contribution in [0, 0.1) is 9.39 Å². The monoisotopic (exact) mass is 400 g/mol. The van der Waals surface area contributed by atoms with Crippen molar-refractivity contribution in [2.24, 2.45) is 0 Å². The number of hydrogen-bond acceptors (Lipinski definition) is 2.